The van der Waals surface area contributed by atoms with Gasteiger partial charge in [-0.15, -0.1) is 0 Å². The standard InChI is InChI=1S/C19H24N2O3/c20-12-13-24-17-9-6-15(7-10-17)8-11-19(23)21-18-5-3-1-2-4-16(18)14-22/h6-11,16,18,22H,1-5,13-14H2,(H,21,23)/b11-8+. The van der Waals surface area contributed by atoms with E-state index in [0.717, 1.165) is 31.2 Å². The number of carbonyl (C=O) groups is 1. The number of nitriles is 1. The third kappa shape index (κ3) is 5.71. The first-order valence-corrected chi connectivity index (χ1v) is 8.42. The van der Waals surface area contributed by atoms with Crippen molar-refractivity contribution < 1.29 is 14.6 Å². The zero-order valence-corrected chi connectivity index (χ0v) is 13.8. The molecule has 24 heavy (non-hydrogen) atoms. The lowest BCUT2D eigenvalue weighted by Gasteiger charge is -2.23. The van der Waals surface area contributed by atoms with Crippen LogP contribution in [0.5, 0.6) is 5.75 Å². The number of nitrogens with one attached hydrogen (secondary N) is 1. The van der Waals surface area contributed by atoms with Gasteiger partial charge in [0.15, 0.2) is 6.61 Å². The summed E-state index contributed by atoms with van der Waals surface area (Å²) in [4.78, 5) is 12.1. The van der Waals surface area contributed by atoms with E-state index in [1.54, 1.807) is 18.2 Å². The Hall–Kier alpha value is -2.32. The minimum atomic E-state index is -0.134. The van der Waals surface area contributed by atoms with Gasteiger partial charge in [-0.1, -0.05) is 31.4 Å². The van der Waals surface area contributed by atoms with Gasteiger partial charge in [0.05, 0.1) is 0 Å². The number of nitrogens with zero attached hydrogens (tertiary/aromatic N) is 1. The second kappa shape index (κ2) is 9.74. The van der Waals surface area contributed by atoms with E-state index in [0.29, 0.717) is 5.75 Å². The van der Waals surface area contributed by atoms with Gasteiger partial charge in [-0.25, -0.2) is 0 Å². The van der Waals surface area contributed by atoms with Crippen LogP contribution in [0.4, 0.5) is 0 Å². The van der Waals surface area contributed by atoms with Crippen LogP contribution in [0.15, 0.2) is 30.3 Å². The zero-order valence-electron chi connectivity index (χ0n) is 13.8. The fraction of sp³-hybridized carbons (Fsp3) is 0.474. The zero-order chi connectivity index (χ0) is 17.2. The molecule has 5 heteroatoms. The molecule has 0 spiro atoms. The molecule has 2 atom stereocenters. The molecule has 0 radical (unpaired) electrons. The van der Waals surface area contributed by atoms with Crippen LogP contribution in [0.2, 0.25) is 0 Å². The molecule has 1 aromatic carbocycles. The van der Waals surface area contributed by atoms with Crippen LogP contribution >= 0.6 is 0 Å². The summed E-state index contributed by atoms with van der Waals surface area (Å²) in [5.74, 6) is 0.647. The molecule has 1 aliphatic carbocycles. The summed E-state index contributed by atoms with van der Waals surface area (Å²) in [6.07, 6.45) is 8.53. The molecule has 1 amide bonds. The van der Waals surface area contributed by atoms with Crippen LogP contribution in [0.1, 0.15) is 37.7 Å². The molecule has 0 heterocycles. The Morgan fingerprint density at radius 1 is 1.29 bits per heavy atom. The minimum absolute atomic E-state index is 0.0189. The summed E-state index contributed by atoms with van der Waals surface area (Å²) in [6, 6.07) is 9.16. The van der Waals surface area contributed by atoms with Gasteiger partial charge in [-0.05, 0) is 36.6 Å². The van der Waals surface area contributed by atoms with Crippen LogP contribution in [0.25, 0.3) is 6.08 Å². The highest BCUT2D eigenvalue weighted by molar-refractivity contribution is 5.91. The van der Waals surface area contributed by atoms with Crippen molar-refractivity contribution in [2.24, 2.45) is 5.92 Å². The van der Waals surface area contributed by atoms with E-state index in [1.165, 1.54) is 12.5 Å². The first-order valence-electron chi connectivity index (χ1n) is 8.42. The first kappa shape index (κ1) is 18.0. The average molecular weight is 328 g/mol. The van der Waals surface area contributed by atoms with E-state index in [4.69, 9.17) is 10.00 Å². The Bertz CT molecular complexity index is 590. The molecule has 1 aromatic rings. The number of amides is 1. The molecule has 2 unspecified atom stereocenters. The van der Waals surface area contributed by atoms with Crippen molar-refractivity contribution >= 4 is 12.0 Å². The van der Waals surface area contributed by atoms with Crippen LogP contribution in [0.3, 0.4) is 0 Å². The summed E-state index contributed by atoms with van der Waals surface area (Å²) in [6.45, 7) is 0.143. The maximum atomic E-state index is 12.1. The molecular formula is C19H24N2O3. The molecule has 1 aliphatic rings. The number of hydrogen-bond acceptors (Lipinski definition) is 4. The second-order valence-corrected chi connectivity index (χ2v) is 6.04. The monoisotopic (exact) mass is 328 g/mol. The molecule has 0 aromatic heterocycles. The van der Waals surface area contributed by atoms with E-state index in [-0.39, 0.29) is 31.1 Å². The lowest BCUT2D eigenvalue weighted by atomic mass is 9.95. The predicted molar refractivity (Wildman–Crippen MR) is 92.2 cm³/mol. The fourth-order valence-corrected chi connectivity index (χ4v) is 2.99. The Morgan fingerprint density at radius 2 is 2.04 bits per heavy atom. The van der Waals surface area contributed by atoms with Gasteiger partial charge < -0.3 is 15.2 Å². The van der Waals surface area contributed by atoms with Gasteiger partial charge in [0.2, 0.25) is 5.91 Å². The molecule has 2 N–H and O–H groups in total. The van der Waals surface area contributed by atoms with E-state index in [1.807, 2.05) is 18.2 Å². The maximum absolute atomic E-state index is 12.1. The second-order valence-electron chi connectivity index (χ2n) is 6.04. The highest BCUT2D eigenvalue weighted by atomic mass is 16.5. The molecule has 5 nitrogen and oxygen atoms in total. The third-order valence-corrected chi connectivity index (χ3v) is 4.33. The normalized spacial score (nSPS) is 21.0. The molecule has 0 bridgehead atoms. The van der Waals surface area contributed by atoms with Gasteiger partial charge in [0, 0.05) is 24.6 Å². The van der Waals surface area contributed by atoms with Crippen LogP contribution in [0, 0.1) is 17.2 Å². The van der Waals surface area contributed by atoms with Crippen LogP contribution in [-0.4, -0.2) is 30.3 Å². The summed E-state index contributed by atoms with van der Waals surface area (Å²) >= 11 is 0. The molecular weight excluding hydrogens is 304 g/mol. The number of benzene rings is 1. The van der Waals surface area contributed by atoms with E-state index in [2.05, 4.69) is 5.32 Å². The van der Waals surface area contributed by atoms with Gasteiger partial charge in [-0.3, -0.25) is 4.79 Å². The summed E-state index contributed by atoms with van der Waals surface area (Å²) < 4.78 is 5.18. The lowest BCUT2D eigenvalue weighted by molar-refractivity contribution is -0.117. The largest absolute Gasteiger partial charge is 0.479 e. The highest BCUT2D eigenvalue weighted by Gasteiger charge is 2.23. The molecule has 1 fully saturated rings. The quantitative estimate of drug-likeness (QED) is 0.621. The minimum Gasteiger partial charge on any atom is -0.479 e. The molecule has 0 saturated heterocycles. The molecule has 0 aliphatic heterocycles. The van der Waals surface area contributed by atoms with Crippen molar-refractivity contribution in [2.75, 3.05) is 13.2 Å². The van der Waals surface area contributed by atoms with Gasteiger partial charge in [0.1, 0.15) is 11.8 Å². The van der Waals surface area contributed by atoms with E-state index < -0.39 is 0 Å². The number of hydrogen-bond donors (Lipinski definition) is 2. The van der Waals surface area contributed by atoms with Crippen molar-refractivity contribution in [3.8, 4) is 11.8 Å². The molecule has 128 valence electrons. The first-order chi connectivity index (χ1) is 11.7. The molecule has 2 rings (SSSR count). The smallest absolute Gasteiger partial charge is 0.244 e. The van der Waals surface area contributed by atoms with E-state index in [9.17, 15) is 9.90 Å². The van der Waals surface area contributed by atoms with E-state index >= 15 is 0 Å². The Kier molecular flexibility index (Phi) is 7.31. The number of aliphatic hydroxyl groups excluding tert-OH is 1. The Morgan fingerprint density at radius 3 is 2.75 bits per heavy atom. The predicted octanol–water partition coefficient (Wildman–Crippen LogP) is 2.66. The Labute approximate surface area is 142 Å². The van der Waals surface area contributed by atoms with Gasteiger partial charge in [-0.2, -0.15) is 5.26 Å². The number of rotatable bonds is 6. The van der Waals surface area contributed by atoms with Crippen LogP contribution in [-0.2, 0) is 4.79 Å². The van der Waals surface area contributed by atoms with Crippen LogP contribution < -0.4 is 10.1 Å². The fourth-order valence-electron chi connectivity index (χ4n) is 2.99. The summed E-state index contributed by atoms with van der Waals surface area (Å²) in [5, 5.41) is 21.0. The number of ether oxygens (including phenoxy) is 1. The SMILES string of the molecule is N#CCOc1ccc(/C=C/C(=O)NC2CCCCCC2CO)cc1. The Balaban J connectivity index is 1.88. The maximum Gasteiger partial charge on any atom is 0.244 e. The van der Waals surface area contributed by atoms with Crippen molar-refractivity contribution in [3.63, 3.8) is 0 Å². The number of carbonyl (C=O) groups excluding carboxylic acids is 1. The van der Waals surface area contributed by atoms with Crippen molar-refractivity contribution in [1.29, 1.82) is 5.26 Å². The van der Waals surface area contributed by atoms with Crippen molar-refractivity contribution in [2.45, 2.75) is 38.1 Å². The van der Waals surface area contributed by atoms with Crippen molar-refractivity contribution in [3.05, 3.63) is 35.9 Å². The number of aliphatic hydroxyl groups is 1. The lowest BCUT2D eigenvalue weighted by Crippen LogP contribution is -2.40. The summed E-state index contributed by atoms with van der Waals surface area (Å²) in [5.41, 5.74) is 0.883. The van der Waals surface area contributed by atoms with Gasteiger partial charge >= 0.3 is 0 Å². The topological polar surface area (TPSA) is 82.3 Å². The van der Waals surface area contributed by atoms with Crippen molar-refractivity contribution in [1.82, 2.24) is 5.32 Å². The average Bonchev–Trinajstić information content (AvgIpc) is 2.84. The third-order valence-electron chi connectivity index (χ3n) is 4.33. The molecule has 1 saturated carbocycles. The summed E-state index contributed by atoms with van der Waals surface area (Å²) in [7, 11) is 0. The van der Waals surface area contributed by atoms with Gasteiger partial charge in [0.25, 0.3) is 0 Å². The highest BCUT2D eigenvalue weighted by Crippen LogP contribution is 2.23.